The van der Waals surface area contributed by atoms with E-state index in [-0.39, 0.29) is 6.10 Å². The van der Waals surface area contributed by atoms with E-state index in [4.69, 9.17) is 0 Å². The zero-order valence-corrected chi connectivity index (χ0v) is 12.0. The summed E-state index contributed by atoms with van der Waals surface area (Å²) >= 11 is 0. The van der Waals surface area contributed by atoms with Crippen molar-refractivity contribution in [2.75, 3.05) is 31.5 Å². The fourth-order valence-electron chi connectivity index (χ4n) is 3.05. The van der Waals surface area contributed by atoms with Crippen molar-refractivity contribution in [1.82, 2.24) is 14.9 Å². The molecule has 2 fully saturated rings. The molecular weight excluding hydrogens is 252 g/mol. The van der Waals surface area contributed by atoms with Crippen molar-refractivity contribution in [2.45, 2.75) is 44.1 Å². The van der Waals surface area contributed by atoms with Gasteiger partial charge in [-0.1, -0.05) is 0 Å². The zero-order valence-electron chi connectivity index (χ0n) is 12.0. The quantitative estimate of drug-likeness (QED) is 0.773. The minimum absolute atomic E-state index is 0.133. The first kappa shape index (κ1) is 13.8. The lowest BCUT2D eigenvalue weighted by Gasteiger charge is -2.30. The van der Waals surface area contributed by atoms with Gasteiger partial charge in [0.15, 0.2) is 0 Å². The van der Waals surface area contributed by atoms with E-state index in [1.54, 1.807) is 6.33 Å². The van der Waals surface area contributed by atoms with Gasteiger partial charge < -0.3 is 15.3 Å². The molecule has 1 saturated heterocycles. The van der Waals surface area contributed by atoms with Crippen molar-refractivity contribution >= 4 is 5.82 Å². The van der Waals surface area contributed by atoms with E-state index in [9.17, 15) is 5.11 Å². The van der Waals surface area contributed by atoms with Crippen LogP contribution in [0.15, 0.2) is 12.4 Å². The molecule has 0 radical (unpaired) electrons. The minimum atomic E-state index is -0.133. The van der Waals surface area contributed by atoms with Gasteiger partial charge in [0.2, 0.25) is 0 Å². The third-order valence-electron chi connectivity index (χ3n) is 4.38. The molecule has 1 saturated carbocycles. The lowest BCUT2D eigenvalue weighted by molar-refractivity contribution is 0.0732. The maximum atomic E-state index is 9.36. The number of aliphatic hydroxyl groups excluding tert-OH is 1. The van der Waals surface area contributed by atoms with E-state index in [0.29, 0.717) is 5.92 Å². The first-order valence-corrected chi connectivity index (χ1v) is 7.77. The van der Waals surface area contributed by atoms with Crippen LogP contribution in [0.3, 0.4) is 0 Å². The van der Waals surface area contributed by atoms with E-state index in [2.05, 4.69) is 20.2 Å². The van der Waals surface area contributed by atoms with Crippen molar-refractivity contribution in [1.29, 1.82) is 0 Å². The van der Waals surface area contributed by atoms with Crippen molar-refractivity contribution in [3.63, 3.8) is 0 Å². The first-order chi connectivity index (χ1) is 9.81. The van der Waals surface area contributed by atoms with Crippen LogP contribution in [0.5, 0.6) is 0 Å². The van der Waals surface area contributed by atoms with Crippen LogP contribution in [0, 0.1) is 0 Å². The number of aliphatic hydroxyl groups is 1. The number of rotatable bonds is 6. The summed E-state index contributed by atoms with van der Waals surface area (Å²) in [7, 11) is 0. The summed E-state index contributed by atoms with van der Waals surface area (Å²) in [5, 5.41) is 12.7. The average Bonchev–Trinajstić information content (AvgIpc) is 2.94. The second kappa shape index (κ2) is 6.50. The van der Waals surface area contributed by atoms with Crippen molar-refractivity contribution < 1.29 is 5.11 Å². The van der Waals surface area contributed by atoms with Gasteiger partial charge in [-0.2, -0.15) is 0 Å². The molecule has 2 aliphatic rings. The molecular formula is C15H24N4O. The summed E-state index contributed by atoms with van der Waals surface area (Å²) in [5.41, 5.74) is 1.06. The number of nitrogens with one attached hydrogen (secondary N) is 1. The number of likely N-dealkylation sites (tertiary alicyclic amines) is 1. The van der Waals surface area contributed by atoms with Gasteiger partial charge in [-0.25, -0.2) is 9.97 Å². The Kier molecular flexibility index (Phi) is 4.47. The number of anilines is 1. The monoisotopic (exact) mass is 276 g/mol. The second-order valence-corrected chi connectivity index (χ2v) is 5.98. The fourth-order valence-corrected chi connectivity index (χ4v) is 3.05. The van der Waals surface area contributed by atoms with Gasteiger partial charge >= 0.3 is 0 Å². The molecule has 1 aromatic rings. The Labute approximate surface area is 120 Å². The molecule has 0 amide bonds. The van der Waals surface area contributed by atoms with E-state index in [1.807, 2.05) is 6.07 Å². The number of nitrogens with zero attached hydrogens (tertiary/aromatic N) is 3. The predicted octanol–water partition coefficient (Wildman–Crippen LogP) is 1.61. The highest BCUT2D eigenvalue weighted by Crippen LogP contribution is 2.35. The third kappa shape index (κ3) is 3.46. The molecule has 0 spiro atoms. The van der Waals surface area contributed by atoms with Gasteiger partial charge in [-0.3, -0.25) is 0 Å². The highest BCUT2D eigenvalue weighted by Gasteiger charge is 2.29. The van der Waals surface area contributed by atoms with Crippen LogP contribution in [0.1, 0.15) is 43.7 Å². The predicted molar refractivity (Wildman–Crippen MR) is 78.8 cm³/mol. The largest absolute Gasteiger partial charge is 0.393 e. The van der Waals surface area contributed by atoms with Crippen LogP contribution in [0.2, 0.25) is 0 Å². The maximum Gasteiger partial charge on any atom is 0.129 e. The van der Waals surface area contributed by atoms with Gasteiger partial charge in [0.05, 0.1) is 6.10 Å². The molecule has 3 rings (SSSR count). The summed E-state index contributed by atoms with van der Waals surface area (Å²) in [6, 6.07) is 2.03. The van der Waals surface area contributed by atoms with Crippen molar-refractivity contribution in [2.24, 2.45) is 0 Å². The molecule has 1 aliphatic carbocycles. The average molecular weight is 276 g/mol. The van der Waals surface area contributed by atoms with E-state index >= 15 is 0 Å². The molecule has 5 nitrogen and oxygen atoms in total. The zero-order chi connectivity index (χ0) is 13.8. The molecule has 20 heavy (non-hydrogen) atoms. The number of hydrogen-bond donors (Lipinski definition) is 2. The van der Waals surface area contributed by atoms with Gasteiger partial charge in [0.25, 0.3) is 0 Å². The van der Waals surface area contributed by atoms with E-state index < -0.39 is 0 Å². The Morgan fingerprint density at radius 2 is 2.05 bits per heavy atom. The first-order valence-electron chi connectivity index (χ1n) is 7.77. The summed E-state index contributed by atoms with van der Waals surface area (Å²) in [4.78, 5) is 11.1. The Bertz CT molecular complexity index is 428. The number of hydrogen-bond acceptors (Lipinski definition) is 5. The Hall–Kier alpha value is -1.20. The maximum absolute atomic E-state index is 9.36. The van der Waals surface area contributed by atoms with Crippen LogP contribution >= 0.6 is 0 Å². The topological polar surface area (TPSA) is 61.3 Å². The normalized spacial score (nSPS) is 26.4. The SMILES string of the molecule is OC1CC(c2cc(NCCCN3CCCC3)ncn2)C1. The van der Waals surface area contributed by atoms with Crippen molar-refractivity contribution in [3.05, 3.63) is 18.1 Å². The van der Waals surface area contributed by atoms with Crippen molar-refractivity contribution in [3.8, 4) is 0 Å². The lowest BCUT2D eigenvalue weighted by atomic mass is 9.80. The summed E-state index contributed by atoms with van der Waals surface area (Å²) in [6.07, 6.45) is 7.04. The van der Waals surface area contributed by atoms with Gasteiger partial charge in [-0.15, -0.1) is 0 Å². The molecule has 1 aliphatic heterocycles. The molecule has 2 heterocycles. The Morgan fingerprint density at radius 3 is 2.80 bits per heavy atom. The molecule has 2 N–H and O–H groups in total. The molecule has 110 valence electrons. The molecule has 5 heteroatoms. The highest BCUT2D eigenvalue weighted by atomic mass is 16.3. The number of aromatic nitrogens is 2. The summed E-state index contributed by atoms with van der Waals surface area (Å²) in [5.74, 6) is 1.33. The standard InChI is InChI=1S/C15H24N4O/c20-13-8-12(9-13)14-10-15(18-11-17-14)16-4-3-7-19-5-1-2-6-19/h10-13,20H,1-9H2,(H,16,17,18). The third-order valence-corrected chi connectivity index (χ3v) is 4.38. The van der Waals surface area contributed by atoms with Crippen LogP contribution in [0.4, 0.5) is 5.82 Å². The van der Waals surface area contributed by atoms with Crippen LogP contribution in [0.25, 0.3) is 0 Å². The fraction of sp³-hybridized carbons (Fsp3) is 0.733. The van der Waals surface area contributed by atoms with E-state index in [1.165, 1.54) is 32.5 Å². The van der Waals surface area contributed by atoms with Gasteiger partial charge in [-0.05, 0) is 51.7 Å². The summed E-state index contributed by atoms with van der Waals surface area (Å²) in [6.45, 7) is 4.67. The van der Waals surface area contributed by atoms with Crippen LogP contribution < -0.4 is 5.32 Å². The smallest absolute Gasteiger partial charge is 0.129 e. The Morgan fingerprint density at radius 1 is 1.25 bits per heavy atom. The van der Waals surface area contributed by atoms with Crippen LogP contribution in [-0.4, -0.2) is 52.3 Å². The molecule has 0 unspecified atom stereocenters. The molecule has 0 bridgehead atoms. The van der Waals surface area contributed by atoms with Crippen LogP contribution in [-0.2, 0) is 0 Å². The second-order valence-electron chi connectivity index (χ2n) is 5.98. The van der Waals surface area contributed by atoms with Gasteiger partial charge in [0, 0.05) is 24.2 Å². The van der Waals surface area contributed by atoms with E-state index in [0.717, 1.165) is 37.3 Å². The lowest BCUT2D eigenvalue weighted by Crippen LogP contribution is -2.27. The highest BCUT2D eigenvalue weighted by molar-refractivity contribution is 5.36. The minimum Gasteiger partial charge on any atom is -0.393 e. The molecule has 0 aromatic carbocycles. The summed E-state index contributed by atoms with van der Waals surface area (Å²) < 4.78 is 0. The Balaban J connectivity index is 1.41. The van der Waals surface area contributed by atoms with Gasteiger partial charge in [0.1, 0.15) is 12.1 Å². The molecule has 1 aromatic heterocycles. The molecule has 0 atom stereocenters.